The monoisotopic (exact) mass is 421 g/mol. The predicted octanol–water partition coefficient (Wildman–Crippen LogP) is 5.28. The van der Waals surface area contributed by atoms with E-state index in [1.807, 2.05) is 0 Å². The number of ether oxygens (including phenoxy) is 1. The summed E-state index contributed by atoms with van der Waals surface area (Å²) in [5.41, 5.74) is 1.01. The standard InChI is InChI=1S/C18H13BrClNO4/c1-2-24-18(23)16-15(11-5-3-4-6-14(11)25-16)21-17(22)12-9-10(19)7-8-13(12)20/h3-9H,2H2,1H3,(H,21,22). The molecule has 0 bridgehead atoms. The molecule has 2 aromatic carbocycles. The summed E-state index contributed by atoms with van der Waals surface area (Å²) in [7, 11) is 0. The highest BCUT2D eigenvalue weighted by Crippen LogP contribution is 2.32. The van der Waals surface area contributed by atoms with Gasteiger partial charge in [0.05, 0.1) is 17.2 Å². The van der Waals surface area contributed by atoms with E-state index in [0.29, 0.717) is 20.5 Å². The van der Waals surface area contributed by atoms with Crippen molar-refractivity contribution in [3.63, 3.8) is 0 Å². The van der Waals surface area contributed by atoms with Gasteiger partial charge in [-0.1, -0.05) is 39.7 Å². The Hall–Kier alpha value is -2.31. The molecule has 25 heavy (non-hydrogen) atoms. The topological polar surface area (TPSA) is 68.5 Å². The van der Waals surface area contributed by atoms with E-state index in [-0.39, 0.29) is 23.6 Å². The number of esters is 1. The fraction of sp³-hybridized carbons (Fsp3) is 0.111. The molecule has 0 saturated heterocycles. The average Bonchev–Trinajstić information content (AvgIpc) is 2.96. The van der Waals surface area contributed by atoms with Crippen molar-refractivity contribution in [2.24, 2.45) is 0 Å². The fourth-order valence-electron chi connectivity index (χ4n) is 2.36. The third-order valence-corrected chi connectivity index (χ3v) is 4.29. The number of hydrogen-bond donors (Lipinski definition) is 1. The number of halogens is 2. The molecule has 1 heterocycles. The van der Waals surface area contributed by atoms with Crippen LogP contribution in [0.4, 0.5) is 5.69 Å². The van der Waals surface area contributed by atoms with Gasteiger partial charge in [-0.15, -0.1) is 0 Å². The highest BCUT2D eigenvalue weighted by Gasteiger charge is 2.24. The molecule has 0 spiro atoms. The van der Waals surface area contributed by atoms with Crippen LogP contribution in [0.25, 0.3) is 11.0 Å². The summed E-state index contributed by atoms with van der Waals surface area (Å²) < 4.78 is 11.3. The number of furan rings is 1. The van der Waals surface area contributed by atoms with Gasteiger partial charge in [0.25, 0.3) is 5.91 Å². The summed E-state index contributed by atoms with van der Waals surface area (Å²) in [4.78, 5) is 24.8. The molecule has 1 aromatic heterocycles. The third kappa shape index (κ3) is 3.55. The number of anilines is 1. The molecule has 0 radical (unpaired) electrons. The third-order valence-electron chi connectivity index (χ3n) is 3.47. The largest absolute Gasteiger partial charge is 0.460 e. The second-order valence-corrected chi connectivity index (χ2v) is 6.42. The lowest BCUT2D eigenvalue weighted by molar-refractivity contribution is 0.0494. The molecule has 3 rings (SSSR count). The SMILES string of the molecule is CCOC(=O)c1oc2ccccc2c1NC(=O)c1cc(Br)ccc1Cl. The molecule has 0 fully saturated rings. The van der Waals surface area contributed by atoms with Crippen LogP contribution < -0.4 is 5.32 Å². The van der Waals surface area contributed by atoms with E-state index in [9.17, 15) is 9.59 Å². The number of carbonyl (C=O) groups excluding carboxylic acids is 2. The summed E-state index contributed by atoms with van der Waals surface area (Å²) >= 11 is 9.41. The van der Waals surface area contributed by atoms with E-state index in [0.717, 1.165) is 0 Å². The highest BCUT2D eigenvalue weighted by atomic mass is 79.9. The molecule has 0 atom stereocenters. The maximum atomic E-state index is 12.7. The van der Waals surface area contributed by atoms with Crippen molar-refractivity contribution in [2.45, 2.75) is 6.92 Å². The Labute approximate surface area is 157 Å². The van der Waals surface area contributed by atoms with E-state index in [2.05, 4.69) is 21.2 Å². The zero-order valence-electron chi connectivity index (χ0n) is 13.1. The van der Waals surface area contributed by atoms with Gasteiger partial charge in [-0.25, -0.2) is 4.79 Å². The molecule has 0 aliphatic rings. The molecule has 0 aliphatic heterocycles. The molecule has 0 aliphatic carbocycles. The summed E-state index contributed by atoms with van der Waals surface area (Å²) in [6.07, 6.45) is 0. The van der Waals surface area contributed by atoms with Crippen LogP contribution >= 0.6 is 27.5 Å². The van der Waals surface area contributed by atoms with Crippen molar-refractivity contribution >= 4 is 56.1 Å². The Morgan fingerprint density at radius 1 is 1.24 bits per heavy atom. The van der Waals surface area contributed by atoms with Gasteiger partial charge in [0, 0.05) is 9.86 Å². The van der Waals surface area contributed by atoms with Crippen LogP contribution in [0.1, 0.15) is 27.8 Å². The summed E-state index contributed by atoms with van der Waals surface area (Å²) in [5.74, 6) is -1.15. The van der Waals surface area contributed by atoms with Gasteiger partial charge in [0.1, 0.15) is 11.3 Å². The first-order chi connectivity index (χ1) is 12.0. The zero-order valence-corrected chi connectivity index (χ0v) is 15.5. The van der Waals surface area contributed by atoms with Gasteiger partial charge in [-0.05, 0) is 37.3 Å². The van der Waals surface area contributed by atoms with E-state index >= 15 is 0 Å². The molecular formula is C18H13BrClNO4. The quantitative estimate of drug-likeness (QED) is 0.581. The zero-order chi connectivity index (χ0) is 18.0. The van der Waals surface area contributed by atoms with Gasteiger partial charge in [-0.2, -0.15) is 0 Å². The summed E-state index contributed by atoms with van der Waals surface area (Å²) in [6, 6.07) is 12.0. The predicted molar refractivity (Wildman–Crippen MR) is 99.3 cm³/mol. The second-order valence-electron chi connectivity index (χ2n) is 5.10. The molecule has 1 amide bonds. The van der Waals surface area contributed by atoms with E-state index in [4.69, 9.17) is 20.8 Å². The molecule has 5 nitrogen and oxygen atoms in total. The van der Waals surface area contributed by atoms with Crippen LogP contribution in [0.3, 0.4) is 0 Å². The normalized spacial score (nSPS) is 10.7. The van der Waals surface area contributed by atoms with Crippen LogP contribution in [-0.4, -0.2) is 18.5 Å². The van der Waals surface area contributed by atoms with Crippen molar-refractivity contribution < 1.29 is 18.7 Å². The van der Waals surface area contributed by atoms with Crippen molar-refractivity contribution in [1.82, 2.24) is 0 Å². The molecule has 1 N–H and O–H groups in total. The maximum Gasteiger partial charge on any atom is 0.376 e. The van der Waals surface area contributed by atoms with Gasteiger partial charge in [0.2, 0.25) is 5.76 Å². The molecule has 0 saturated carbocycles. The van der Waals surface area contributed by atoms with Gasteiger partial charge in [0.15, 0.2) is 0 Å². The first-order valence-electron chi connectivity index (χ1n) is 7.46. The second kappa shape index (κ2) is 7.29. The lowest BCUT2D eigenvalue weighted by Crippen LogP contribution is -2.15. The highest BCUT2D eigenvalue weighted by molar-refractivity contribution is 9.10. The van der Waals surface area contributed by atoms with Crippen LogP contribution in [0, 0.1) is 0 Å². The van der Waals surface area contributed by atoms with Crippen molar-refractivity contribution in [3.8, 4) is 0 Å². The molecule has 7 heteroatoms. The molecular weight excluding hydrogens is 410 g/mol. The Bertz CT molecular complexity index is 967. The van der Waals surface area contributed by atoms with E-state index < -0.39 is 11.9 Å². The van der Waals surface area contributed by atoms with Crippen LogP contribution in [-0.2, 0) is 4.74 Å². The minimum absolute atomic E-state index is 0.0532. The first kappa shape index (κ1) is 17.5. The van der Waals surface area contributed by atoms with Gasteiger partial charge in [-0.3, -0.25) is 4.79 Å². The Morgan fingerprint density at radius 3 is 2.76 bits per heavy atom. The smallest absolute Gasteiger partial charge is 0.376 e. The van der Waals surface area contributed by atoms with Crippen LogP contribution in [0.15, 0.2) is 51.4 Å². The lowest BCUT2D eigenvalue weighted by Gasteiger charge is -2.08. The fourth-order valence-corrected chi connectivity index (χ4v) is 2.93. The average molecular weight is 423 g/mol. The number of carbonyl (C=O) groups is 2. The van der Waals surface area contributed by atoms with Gasteiger partial charge >= 0.3 is 5.97 Å². The number of nitrogens with one attached hydrogen (secondary N) is 1. The minimum atomic E-state index is -0.644. The maximum absolute atomic E-state index is 12.7. The Morgan fingerprint density at radius 2 is 2.00 bits per heavy atom. The summed E-state index contributed by atoms with van der Waals surface area (Å²) in [6.45, 7) is 1.89. The molecule has 0 unspecified atom stereocenters. The summed E-state index contributed by atoms with van der Waals surface area (Å²) in [5, 5.41) is 3.62. The Kier molecular flexibility index (Phi) is 5.11. The van der Waals surface area contributed by atoms with Crippen molar-refractivity contribution in [3.05, 3.63) is 63.3 Å². The van der Waals surface area contributed by atoms with Crippen molar-refractivity contribution in [2.75, 3.05) is 11.9 Å². The van der Waals surface area contributed by atoms with E-state index in [1.165, 1.54) is 0 Å². The number of rotatable bonds is 4. The number of benzene rings is 2. The lowest BCUT2D eigenvalue weighted by atomic mass is 10.2. The van der Waals surface area contributed by atoms with Crippen LogP contribution in [0.2, 0.25) is 5.02 Å². The van der Waals surface area contributed by atoms with Crippen molar-refractivity contribution in [1.29, 1.82) is 0 Å². The van der Waals surface area contributed by atoms with Gasteiger partial charge < -0.3 is 14.5 Å². The number of fused-ring (bicyclic) bond motifs is 1. The number of amides is 1. The Balaban J connectivity index is 2.05. The first-order valence-corrected chi connectivity index (χ1v) is 8.63. The van der Waals surface area contributed by atoms with Crippen LogP contribution in [0.5, 0.6) is 0 Å². The molecule has 3 aromatic rings. The number of para-hydroxylation sites is 1. The van der Waals surface area contributed by atoms with E-state index in [1.54, 1.807) is 49.4 Å². The number of hydrogen-bond acceptors (Lipinski definition) is 4. The molecule has 128 valence electrons. The minimum Gasteiger partial charge on any atom is -0.460 e.